The van der Waals surface area contributed by atoms with E-state index in [1.54, 1.807) is 0 Å². The first-order chi connectivity index (χ1) is 9.61. The van der Waals surface area contributed by atoms with Gasteiger partial charge in [0.1, 0.15) is 0 Å². The van der Waals surface area contributed by atoms with Crippen molar-refractivity contribution in [2.24, 2.45) is 0 Å². The van der Waals surface area contributed by atoms with Crippen molar-refractivity contribution in [1.82, 2.24) is 10.3 Å². The van der Waals surface area contributed by atoms with Crippen molar-refractivity contribution < 1.29 is 0 Å². The first kappa shape index (κ1) is 14.7. The van der Waals surface area contributed by atoms with Crippen LogP contribution in [0.5, 0.6) is 0 Å². The highest BCUT2D eigenvalue weighted by Crippen LogP contribution is 2.23. The zero-order valence-electron chi connectivity index (χ0n) is 12.9. The molecule has 20 heavy (non-hydrogen) atoms. The third-order valence-electron chi connectivity index (χ3n) is 3.73. The van der Waals surface area contributed by atoms with Crippen molar-refractivity contribution in [3.63, 3.8) is 0 Å². The molecule has 0 amide bonds. The molecule has 0 radical (unpaired) electrons. The number of hydrogen-bond acceptors (Lipinski definition) is 2. The van der Waals surface area contributed by atoms with Crippen LogP contribution in [0.2, 0.25) is 0 Å². The van der Waals surface area contributed by atoms with E-state index in [0.717, 1.165) is 18.7 Å². The molecule has 1 aromatic heterocycles. The SMILES string of the molecule is CCCNC(c1ccc(C)nc1)c1ccc(C)c(C)c1. The summed E-state index contributed by atoms with van der Waals surface area (Å²) >= 11 is 0. The fourth-order valence-corrected chi connectivity index (χ4v) is 2.31. The van der Waals surface area contributed by atoms with Gasteiger partial charge in [-0.2, -0.15) is 0 Å². The van der Waals surface area contributed by atoms with Crippen LogP contribution in [-0.4, -0.2) is 11.5 Å². The number of aromatic nitrogens is 1. The van der Waals surface area contributed by atoms with Crippen LogP contribution >= 0.6 is 0 Å². The molecule has 2 rings (SSSR count). The molecule has 2 heteroatoms. The lowest BCUT2D eigenvalue weighted by Gasteiger charge is -2.20. The van der Waals surface area contributed by atoms with Gasteiger partial charge in [-0.1, -0.05) is 31.2 Å². The molecular weight excluding hydrogens is 244 g/mol. The molecule has 2 nitrogen and oxygen atoms in total. The third kappa shape index (κ3) is 3.45. The van der Waals surface area contributed by atoms with Gasteiger partial charge in [0.05, 0.1) is 6.04 Å². The monoisotopic (exact) mass is 268 g/mol. The minimum Gasteiger partial charge on any atom is -0.306 e. The molecular formula is C18H24N2. The van der Waals surface area contributed by atoms with Crippen LogP contribution in [0.4, 0.5) is 0 Å². The standard InChI is InChI=1S/C18H24N2/c1-5-10-19-18(17-9-7-15(4)20-12-17)16-8-6-13(2)14(3)11-16/h6-9,11-12,18-19H,5,10H2,1-4H3. The normalized spacial score (nSPS) is 12.4. The Labute approximate surface area is 122 Å². The van der Waals surface area contributed by atoms with Gasteiger partial charge < -0.3 is 5.32 Å². The van der Waals surface area contributed by atoms with E-state index in [9.17, 15) is 0 Å². The Morgan fingerprint density at radius 3 is 2.35 bits per heavy atom. The fourth-order valence-electron chi connectivity index (χ4n) is 2.31. The molecule has 0 aliphatic heterocycles. The zero-order valence-corrected chi connectivity index (χ0v) is 12.9. The van der Waals surface area contributed by atoms with Crippen LogP contribution in [0.1, 0.15) is 47.3 Å². The molecule has 1 N–H and O–H groups in total. The van der Waals surface area contributed by atoms with Crippen LogP contribution in [0.25, 0.3) is 0 Å². The number of hydrogen-bond donors (Lipinski definition) is 1. The number of pyridine rings is 1. The van der Waals surface area contributed by atoms with Gasteiger partial charge in [0.25, 0.3) is 0 Å². The average molecular weight is 268 g/mol. The molecule has 0 bridgehead atoms. The molecule has 0 aliphatic rings. The first-order valence-corrected chi connectivity index (χ1v) is 7.35. The van der Waals surface area contributed by atoms with Crippen molar-refractivity contribution >= 4 is 0 Å². The summed E-state index contributed by atoms with van der Waals surface area (Å²) in [5.41, 5.74) is 6.28. The quantitative estimate of drug-likeness (QED) is 0.883. The fraction of sp³-hybridized carbons (Fsp3) is 0.389. The van der Waals surface area contributed by atoms with Crippen LogP contribution in [0.3, 0.4) is 0 Å². The van der Waals surface area contributed by atoms with Gasteiger partial charge in [-0.05, 0) is 62.1 Å². The summed E-state index contributed by atoms with van der Waals surface area (Å²) in [5.74, 6) is 0. The highest BCUT2D eigenvalue weighted by Gasteiger charge is 2.14. The Morgan fingerprint density at radius 2 is 1.75 bits per heavy atom. The lowest BCUT2D eigenvalue weighted by atomic mass is 9.96. The second-order valence-electron chi connectivity index (χ2n) is 5.46. The lowest BCUT2D eigenvalue weighted by molar-refractivity contribution is 0.596. The van der Waals surface area contributed by atoms with E-state index in [2.05, 4.69) is 61.4 Å². The van der Waals surface area contributed by atoms with Crippen LogP contribution in [0.15, 0.2) is 36.5 Å². The molecule has 1 atom stereocenters. The summed E-state index contributed by atoms with van der Waals surface area (Å²) in [6, 6.07) is 11.2. The number of rotatable bonds is 5. The third-order valence-corrected chi connectivity index (χ3v) is 3.73. The average Bonchev–Trinajstić information content (AvgIpc) is 2.45. The summed E-state index contributed by atoms with van der Waals surface area (Å²) in [6.45, 7) is 9.54. The van der Waals surface area contributed by atoms with Crippen molar-refractivity contribution in [3.8, 4) is 0 Å². The molecule has 106 valence electrons. The maximum Gasteiger partial charge on any atom is 0.0592 e. The maximum atomic E-state index is 4.43. The largest absolute Gasteiger partial charge is 0.306 e. The molecule has 1 aromatic carbocycles. The number of nitrogens with zero attached hydrogens (tertiary/aromatic N) is 1. The molecule has 0 spiro atoms. The minimum absolute atomic E-state index is 0.224. The summed E-state index contributed by atoms with van der Waals surface area (Å²) in [7, 11) is 0. The van der Waals surface area contributed by atoms with Crippen LogP contribution < -0.4 is 5.32 Å². The highest BCUT2D eigenvalue weighted by molar-refractivity contribution is 5.36. The number of aryl methyl sites for hydroxylation is 3. The van der Waals surface area contributed by atoms with E-state index in [4.69, 9.17) is 0 Å². The summed E-state index contributed by atoms with van der Waals surface area (Å²) in [5, 5.41) is 3.63. The van der Waals surface area contributed by atoms with E-state index < -0.39 is 0 Å². The summed E-state index contributed by atoms with van der Waals surface area (Å²) in [4.78, 5) is 4.43. The molecule has 0 aliphatic carbocycles. The van der Waals surface area contributed by atoms with Gasteiger partial charge >= 0.3 is 0 Å². The summed E-state index contributed by atoms with van der Waals surface area (Å²) < 4.78 is 0. The van der Waals surface area contributed by atoms with E-state index in [-0.39, 0.29) is 6.04 Å². The van der Waals surface area contributed by atoms with E-state index >= 15 is 0 Å². The minimum atomic E-state index is 0.224. The van der Waals surface area contributed by atoms with E-state index in [0.29, 0.717) is 0 Å². The van der Waals surface area contributed by atoms with Crippen LogP contribution in [-0.2, 0) is 0 Å². The number of benzene rings is 1. The van der Waals surface area contributed by atoms with E-state index in [1.165, 1.54) is 22.3 Å². The molecule has 1 unspecified atom stereocenters. The molecule has 0 fully saturated rings. The number of nitrogens with one attached hydrogen (secondary N) is 1. The summed E-state index contributed by atoms with van der Waals surface area (Å²) in [6.07, 6.45) is 3.11. The predicted octanol–water partition coefficient (Wildman–Crippen LogP) is 4.10. The molecule has 2 aromatic rings. The van der Waals surface area contributed by atoms with Crippen molar-refractivity contribution in [2.45, 2.75) is 40.2 Å². The molecule has 0 saturated carbocycles. The Balaban J connectivity index is 2.35. The smallest absolute Gasteiger partial charge is 0.0592 e. The van der Waals surface area contributed by atoms with Gasteiger partial charge in [0.2, 0.25) is 0 Å². The lowest BCUT2D eigenvalue weighted by Crippen LogP contribution is -2.23. The first-order valence-electron chi connectivity index (χ1n) is 7.35. The predicted molar refractivity (Wildman–Crippen MR) is 85.0 cm³/mol. The maximum absolute atomic E-state index is 4.43. The Bertz CT molecular complexity index is 558. The second-order valence-corrected chi connectivity index (χ2v) is 5.46. The van der Waals surface area contributed by atoms with Gasteiger partial charge in [0.15, 0.2) is 0 Å². The Morgan fingerprint density at radius 1 is 1.00 bits per heavy atom. The van der Waals surface area contributed by atoms with Gasteiger partial charge in [-0.15, -0.1) is 0 Å². The van der Waals surface area contributed by atoms with E-state index in [1.807, 2.05) is 13.1 Å². The zero-order chi connectivity index (χ0) is 14.5. The topological polar surface area (TPSA) is 24.9 Å². The van der Waals surface area contributed by atoms with Crippen molar-refractivity contribution in [2.75, 3.05) is 6.54 Å². The highest BCUT2D eigenvalue weighted by atomic mass is 14.9. The second kappa shape index (κ2) is 6.67. The van der Waals surface area contributed by atoms with Gasteiger partial charge in [0, 0.05) is 11.9 Å². The van der Waals surface area contributed by atoms with Crippen molar-refractivity contribution in [1.29, 1.82) is 0 Å². The van der Waals surface area contributed by atoms with Crippen molar-refractivity contribution in [3.05, 3.63) is 64.5 Å². The molecule has 1 heterocycles. The van der Waals surface area contributed by atoms with Crippen LogP contribution in [0, 0.1) is 20.8 Å². The van der Waals surface area contributed by atoms with Gasteiger partial charge in [-0.3, -0.25) is 4.98 Å². The van der Waals surface area contributed by atoms with Gasteiger partial charge in [-0.25, -0.2) is 0 Å². The Kier molecular flexibility index (Phi) is 4.91. The Hall–Kier alpha value is -1.67. The molecule has 0 saturated heterocycles.